The highest BCUT2D eigenvalue weighted by atomic mass is 15.2. The molecule has 1 aromatic rings. The van der Waals surface area contributed by atoms with Crippen LogP contribution in [0.1, 0.15) is 44.2 Å². The maximum atomic E-state index is 4.60. The fourth-order valence-corrected chi connectivity index (χ4v) is 1.80. The first-order valence-corrected chi connectivity index (χ1v) is 6.24. The van der Waals surface area contributed by atoms with Gasteiger partial charge in [0.2, 0.25) is 5.95 Å². The molecule has 0 unspecified atom stereocenters. The molecule has 0 aliphatic heterocycles. The van der Waals surface area contributed by atoms with Crippen LogP contribution in [0.5, 0.6) is 0 Å². The number of rotatable bonds is 5. The first-order chi connectivity index (χ1) is 7.85. The molecule has 3 rings (SSSR count). The van der Waals surface area contributed by atoms with Gasteiger partial charge in [-0.2, -0.15) is 4.98 Å². The molecule has 1 aromatic heterocycles. The number of nitrogens with zero attached hydrogens (tertiary/aromatic N) is 2. The van der Waals surface area contributed by atoms with Gasteiger partial charge in [-0.1, -0.05) is 0 Å². The average Bonchev–Trinajstić information content (AvgIpc) is 3.13. The van der Waals surface area contributed by atoms with Crippen molar-refractivity contribution in [2.45, 2.75) is 44.6 Å². The smallest absolute Gasteiger partial charge is 0.225 e. The van der Waals surface area contributed by atoms with Crippen molar-refractivity contribution in [3.8, 4) is 0 Å². The van der Waals surface area contributed by atoms with Gasteiger partial charge in [0.15, 0.2) is 0 Å². The molecule has 0 spiro atoms. The van der Waals surface area contributed by atoms with E-state index in [1.54, 1.807) is 0 Å². The molecule has 16 heavy (non-hydrogen) atoms. The highest BCUT2D eigenvalue weighted by Crippen LogP contribution is 2.40. The molecule has 0 bridgehead atoms. The van der Waals surface area contributed by atoms with Gasteiger partial charge in [0.05, 0.1) is 5.69 Å². The summed E-state index contributed by atoms with van der Waals surface area (Å²) in [7, 11) is 0. The summed E-state index contributed by atoms with van der Waals surface area (Å²) in [5, 5.41) is 6.65. The van der Waals surface area contributed by atoms with Gasteiger partial charge in [-0.25, -0.2) is 4.98 Å². The summed E-state index contributed by atoms with van der Waals surface area (Å²) in [5.74, 6) is 2.45. The van der Waals surface area contributed by atoms with Gasteiger partial charge >= 0.3 is 0 Å². The Morgan fingerprint density at radius 3 is 2.69 bits per heavy atom. The zero-order valence-electron chi connectivity index (χ0n) is 9.66. The molecule has 0 atom stereocenters. The van der Waals surface area contributed by atoms with E-state index in [2.05, 4.69) is 33.6 Å². The highest BCUT2D eigenvalue weighted by Gasteiger charge is 2.27. The van der Waals surface area contributed by atoms with E-state index < -0.39 is 0 Å². The normalized spacial score (nSPS) is 19.6. The van der Waals surface area contributed by atoms with Crippen LogP contribution in [0, 0.1) is 0 Å². The number of hydrogen-bond donors (Lipinski definition) is 2. The minimum absolute atomic E-state index is 0.615. The Kier molecular flexibility index (Phi) is 2.42. The van der Waals surface area contributed by atoms with E-state index >= 15 is 0 Å². The van der Waals surface area contributed by atoms with Crippen molar-refractivity contribution in [1.82, 2.24) is 9.97 Å². The molecular weight excluding hydrogens is 200 g/mol. The van der Waals surface area contributed by atoms with Crippen LogP contribution in [0.4, 0.5) is 11.8 Å². The zero-order valence-corrected chi connectivity index (χ0v) is 9.66. The van der Waals surface area contributed by atoms with Crippen molar-refractivity contribution in [1.29, 1.82) is 0 Å². The lowest BCUT2D eigenvalue weighted by molar-refractivity contribution is 0.962. The Hall–Kier alpha value is -1.32. The molecule has 2 aliphatic carbocycles. The van der Waals surface area contributed by atoms with Crippen molar-refractivity contribution in [3.05, 3.63) is 11.8 Å². The molecule has 2 aliphatic rings. The molecule has 0 amide bonds. The van der Waals surface area contributed by atoms with E-state index in [1.165, 1.54) is 31.4 Å². The quantitative estimate of drug-likeness (QED) is 0.796. The lowest BCUT2D eigenvalue weighted by Gasteiger charge is -2.09. The first kappa shape index (κ1) is 9.87. The summed E-state index contributed by atoms with van der Waals surface area (Å²) in [6.45, 7) is 3.00. The van der Waals surface area contributed by atoms with Gasteiger partial charge in [0.1, 0.15) is 5.82 Å². The van der Waals surface area contributed by atoms with Crippen LogP contribution in [0.15, 0.2) is 6.07 Å². The van der Waals surface area contributed by atoms with Gasteiger partial charge in [0.25, 0.3) is 0 Å². The summed E-state index contributed by atoms with van der Waals surface area (Å²) in [5.41, 5.74) is 1.20. The van der Waals surface area contributed by atoms with Crippen LogP contribution >= 0.6 is 0 Å². The van der Waals surface area contributed by atoms with Gasteiger partial charge in [0, 0.05) is 24.6 Å². The van der Waals surface area contributed by atoms with E-state index in [0.717, 1.165) is 18.3 Å². The fourth-order valence-electron chi connectivity index (χ4n) is 1.80. The summed E-state index contributed by atoms with van der Waals surface area (Å²) in [6, 6.07) is 2.71. The monoisotopic (exact) mass is 218 g/mol. The molecule has 2 saturated carbocycles. The second-order valence-electron chi connectivity index (χ2n) is 4.72. The summed E-state index contributed by atoms with van der Waals surface area (Å²) < 4.78 is 0. The van der Waals surface area contributed by atoms with E-state index in [9.17, 15) is 0 Å². The summed E-state index contributed by atoms with van der Waals surface area (Å²) >= 11 is 0. The predicted molar refractivity (Wildman–Crippen MR) is 64.8 cm³/mol. The van der Waals surface area contributed by atoms with Gasteiger partial charge in [-0.05, 0) is 32.6 Å². The number of anilines is 2. The molecule has 0 aromatic carbocycles. The van der Waals surface area contributed by atoms with E-state index in [-0.39, 0.29) is 0 Å². The number of aromatic nitrogens is 2. The van der Waals surface area contributed by atoms with Crippen molar-refractivity contribution in [2.24, 2.45) is 0 Å². The molecular formula is C12H18N4. The van der Waals surface area contributed by atoms with Crippen molar-refractivity contribution < 1.29 is 0 Å². The third-order valence-corrected chi connectivity index (χ3v) is 3.01. The van der Waals surface area contributed by atoms with Crippen LogP contribution in [-0.4, -0.2) is 22.6 Å². The Bertz CT molecular complexity index is 383. The minimum Gasteiger partial charge on any atom is -0.370 e. The Morgan fingerprint density at radius 1 is 1.25 bits per heavy atom. The van der Waals surface area contributed by atoms with Crippen LogP contribution in [0.25, 0.3) is 0 Å². The molecule has 2 N–H and O–H groups in total. The molecule has 4 nitrogen and oxygen atoms in total. The lowest BCUT2D eigenvalue weighted by Crippen LogP contribution is -2.09. The third-order valence-electron chi connectivity index (χ3n) is 3.01. The zero-order chi connectivity index (χ0) is 11.0. The topological polar surface area (TPSA) is 49.8 Å². The minimum atomic E-state index is 0.615. The Labute approximate surface area is 95.9 Å². The van der Waals surface area contributed by atoms with Crippen molar-refractivity contribution >= 4 is 11.8 Å². The largest absolute Gasteiger partial charge is 0.370 e. The third kappa shape index (κ3) is 2.26. The molecule has 4 heteroatoms. The maximum absolute atomic E-state index is 4.60. The molecule has 0 saturated heterocycles. The summed E-state index contributed by atoms with van der Waals surface area (Å²) in [4.78, 5) is 9.08. The standard InChI is InChI=1S/C12H18N4/c1-2-13-11-7-10(8-3-4-8)15-12(16-11)14-9-5-6-9/h7-9H,2-6H2,1H3,(H2,13,14,15,16). The van der Waals surface area contributed by atoms with E-state index in [0.29, 0.717) is 12.0 Å². The maximum Gasteiger partial charge on any atom is 0.225 e. The van der Waals surface area contributed by atoms with Gasteiger partial charge < -0.3 is 10.6 Å². The highest BCUT2D eigenvalue weighted by molar-refractivity contribution is 5.44. The predicted octanol–water partition coefficient (Wildman–Crippen LogP) is 2.36. The van der Waals surface area contributed by atoms with E-state index in [4.69, 9.17) is 0 Å². The second-order valence-corrected chi connectivity index (χ2v) is 4.72. The number of nitrogens with one attached hydrogen (secondary N) is 2. The first-order valence-electron chi connectivity index (χ1n) is 6.24. The van der Waals surface area contributed by atoms with E-state index in [1.807, 2.05) is 0 Å². The average molecular weight is 218 g/mol. The molecule has 86 valence electrons. The van der Waals surface area contributed by atoms with Crippen molar-refractivity contribution in [3.63, 3.8) is 0 Å². The molecule has 0 radical (unpaired) electrons. The Balaban J connectivity index is 1.83. The van der Waals surface area contributed by atoms with Crippen LogP contribution in [-0.2, 0) is 0 Å². The Morgan fingerprint density at radius 2 is 2.06 bits per heavy atom. The lowest BCUT2D eigenvalue weighted by atomic mass is 10.3. The van der Waals surface area contributed by atoms with Crippen LogP contribution < -0.4 is 10.6 Å². The van der Waals surface area contributed by atoms with Crippen LogP contribution in [0.2, 0.25) is 0 Å². The second kappa shape index (κ2) is 3.92. The SMILES string of the molecule is CCNc1cc(C2CC2)nc(NC2CC2)n1. The fraction of sp³-hybridized carbons (Fsp3) is 0.667. The van der Waals surface area contributed by atoms with Crippen LogP contribution in [0.3, 0.4) is 0 Å². The molecule has 2 fully saturated rings. The van der Waals surface area contributed by atoms with Gasteiger partial charge in [-0.3, -0.25) is 0 Å². The summed E-state index contributed by atoms with van der Waals surface area (Å²) in [6.07, 6.45) is 5.08. The number of hydrogen-bond acceptors (Lipinski definition) is 4. The van der Waals surface area contributed by atoms with Crippen molar-refractivity contribution in [2.75, 3.05) is 17.2 Å². The van der Waals surface area contributed by atoms with Gasteiger partial charge in [-0.15, -0.1) is 0 Å². The molecule has 1 heterocycles.